The molecule has 4 aromatic rings. The van der Waals surface area contributed by atoms with E-state index >= 15 is 0 Å². The Bertz CT molecular complexity index is 1820. The molecule has 0 fully saturated rings. The third kappa shape index (κ3) is 3.86. The summed E-state index contributed by atoms with van der Waals surface area (Å²) in [5, 5.41) is 1.84. The van der Waals surface area contributed by atoms with Crippen LogP contribution in [0, 0.1) is 0 Å². The first-order chi connectivity index (χ1) is 18.5. The van der Waals surface area contributed by atoms with Crippen LogP contribution >= 0.6 is 11.3 Å². The number of nitrogens with zero attached hydrogens (tertiary/aromatic N) is 2. The van der Waals surface area contributed by atoms with Gasteiger partial charge in [0.2, 0.25) is 6.79 Å². The smallest absolute Gasteiger partial charge is 0.338 e. The molecule has 9 heteroatoms. The normalized spacial score (nSPS) is 16.4. The van der Waals surface area contributed by atoms with Crippen molar-refractivity contribution in [2.24, 2.45) is 4.99 Å². The Morgan fingerprint density at radius 2 is 1.97 bits per heavy atom. The maximum atomic E-state index is 14.0. The molecule has 0 saturated carbocycles. The molecule has 0 bridgehead atoms. The van der Waals surface area contributed by atoms with Crippen LogP contribution in [0.25, 0.3) is 16.8 Å². The van der Waals surface area contributed by atoms with E-state index in [1.807, 2.05) is 54.6 Å². The number of allylic oxidation sites excluding steroid dienone is 1. The molecule has 6 rings (SSSR count). The summed E-state index contributed by atoms with van der Waals surface area (Å²) in [5.41, 5.74) is 2.04. The summed E-state index contributed by atoms with van der Waals surface area (Å²) in [7, 11) is 1.58. The van der Waals surface area contributed by atoms with Gasteiger partial charge in [0.25, 0.3) is 5.56 Å². The van der Waals surface area contributed by atoms with Gasteiger partial charge in [0.15, 0.2) is 16.3 Å². The minimum atomic E-state index is -0.787. The summed E-state index contributed by atoms with van der Waals surface area (Å²) in [5.74, 6) is 1.35. The molecule has 1 aromatic heterocycles. The molecule has 3 heterocycles. The number of esters is 1. The molecular formula is C29H24N2O6S. The van der Waals surface area contributed by atoms with Gasteiger partial charge in [0.05, 0.1) is 29.5 Å². The Labute approximate surface area is 221 Å². The number of aromatic nitrogens is 1. The molecule has 3 aromatic carbocycles. The Morgan fingerprint density at radius 3 is 2.79 bits per heavy atom. The van der Waals surface area contributed by atoms with Crippen LogP contribution in [0.5, 0.6) is 17.2 Å². The first kappa shape index (κ1) is 24.0. The number of methoxy groups -OCH3 is 1. The van der Waals surface area contributed by atoms with Crippen LogP contribution < -0.4 is 29.1 Å². The number of thiazole rings is 1. The Kier molecular flexibility index (Phi) is 6.00. The molecule has 2 aliphatic heterocycles. The maximum absolute atomic E-state index is 14.0. The highest BCUT2D eigenvalue weighted by molar-refractivity contribution is 7.07. The van der Waals surface area contributed by atoms with Gasteiger partial charge in [-0.15, -0.1) is 0 Å². The standard InChI is InChI=1S/C29H24N2O6S/c1-4-35-28(33)24-16(2)30-29-31(26(24)25-19-8-6-5-7-18(19)10-12-21(25)34-3)27(32)23(38-29)14-17-9-11-20-22(13-17)37-15-36-20/h5-14,26H,4,15H2,1-3H3/t26-/m1/s1. The van der Waals surface area contributed by atoms with E-state index in [1.54, 1.807) is 31.6 Å². The molecule has 192 valence electrons. The predicted octanol–water partition coefficient (Wildman–Crippen LogP) is 3.69. The third-order valence-corrected chi connectivity index (χ3v) is 7.62. The van der Waals surface area contributed by atoms with E-state index in [1.165, 1.54) is 11.3 Å². The van der Waals surface area contributed by atoms with Crippen molar-refractivity contribution in [2.75, 3.05) is 20.5 Å². The van der Waals surface area contributed by atoms with Crippen molar-refractivity contribution in [1.29, 1.82) is 0 Å². The summed E-state index contributed by atoms with van der Waals surface area (Å²) in [6.45, 7) is 3.89. The zero-order valence-corrected chi connectivity index (χ0v) is 21.8. The lowest BCUT2D eigenvalue weighted by atomic mass is 9.90. The molecule has 1 atom stereocenters. The topological polar surface area (TPSA) is 88.4 Å². The zero-order valence-electron chi connectivity index (χ0n) is 21.0. The summed E-state index contributed by atoms with van der Waals surface area (Å²) in [4.78, 5) is 32.5. The van der Waals surface area contributed by atoms with E-state index < -0.39 is 12.0 Å². The number of rotatable bonds is 5. The van der Waals surface area contributed by atoms with Crippen molar-refractivity contribution in [2.45, 2.75) is 19.9 Å². The predicted molar refractivity (Wildman–Crippen MR) is 143 cm³/mol. The van der Waals surface area contributed by atoms with E-state index in [0.29, 0.717) is 43.4 Å². The molecule has 0 radical (unpaired) electrons. The third-order valence-electron chi connectivity index (χ3n) is 6.64. The van der Waals surface area contributed by atoms with E-state index in [9.17, 15) is 9.59 Å². The molecule has 0 spiro atoms. The lowest BCUT2D eigenvalue weighted by molar-refractivity contribution is -0.139. The molecule has 8 nitrogen and oxygen atoms in total. The van der Waals surface area contributed by atoms with E-state index in [4.69, 9.17) is 18.9 Å². The molecule has 0 aliphatic carbocycles. The number of hydrogen-bond acceptors (Lipinski definition) is 8. The van der Waals surface area contributed by atoms with Gasteiger partial charge in [-0.25, -0.2) is 9.79 Å². The molecule has 0 amide bonds. The van der Waals surface area contributed by atoms with Crippen LogP contribution in [0.2, 0.25) is 0 Å². The van der Waals surface area contributed by atoms with Crippen molar-refractivity contribution in [3.63, 3.8) is 0 Å². The SMILES string of the molecule is CCOC(=O)C1=C(C)N=c2sc(=Cc3ccc4c(c3)OCO4)c(=O)n2[C@H]1c1c(OC)ccc2ccccc12. The van der Waals surface area contributed by atoms with Gasteiger partial charge in [-0.05, 0) is 54.5 Å². The zero-order chi connectivity index (χ0) is 26.4. The highest BCUT2D eigenvalue weighted by atomic mass is 32.1. The molecule has 0 N–H and O–H groups in total. The van der Waals surface area contributed by atoms with Gasteiger partial charge in [0, 0.05) is 5.56 Å². The molecule has 0 unspecified atom stereocenters. The van der Waals surface area contributed by atoms with Crippen LogP contribution in [0.15, 0.2) is 75.7 Å². The average Bonchev–Trinajstić information content (AvgIpc) is 3.51. The molecule has 2 aliphatic rings. The van der Waals surface area contributed by atoms with Crippen molar-refractivity contribution >= 4 is 34.2 Å². The van der Waals surface area contributed by atoms with Gasteiger partial charge >= 0.3 is 5.97 Å². The molecule has 38 heavy (non-hydrogen) atoms. The fourth-order valence-corrected chi connectivity index (χ4v) is 6.00. The van der Waals surface area contributed by atoms with Gasteiger partial charge in [-0.2, -0.15) is 0 Å². The average molecular weight is 529 g/mol. The fraction of sp³-hybridized carbons (Fsp3) is 0.207. The number of carbonyl (C=O) groups excluding carboxylic acids is 1. The van der Waals surface area contributed by atoms with Gasteiger partial charge in [0.1, 0.15) is 11.8 Å². The highest BCUT2D eigenvalue weighted by Gasteiger charge is 2.36. The number of fused-ring (bicyclic) bond motifs is 3. The Hall–Kier alpha value is -4.37. The van der Waals surface area contributed by atoms with Gasteiger partial charge < -0.3 is 18.9 Å². The highest BCUT2D eigenvalue weighted by Crippen LogP contribution is 2.40. The second-order valence-corrected chi connectivity index (χ2v) is 9.83. The van der Waals surface area contributed by atoms with Gasteiger partial charge in [-0.1, -0.05) is 47.7 Å². The Morgan fingerprint density at radius 1 is 1.16 bits per heavy atom. The van der Waals surface area contributed by atoms with Gasteiger partial charge in [-0.3, -0.25) is 9.36 Å². The summed E-state index contributed by atoms with van der Waals surface area (Å²) >= 11 is 1.27. The van der Waals surface area contributed by atoms with Crippen molar-refractivity contribution in [1.82, 2.24) is 4.57 Å². The summed E-state index contributed by atoms with van der Waals surface area (Å²) < 4.78 is 24.2. The molecule has 0 saturated heterocycles. The number of ether oxygens (including phenoxy) is 4. The van der Waals surface area contributed by atoms with E-state index in [2.05, 4.69) is 4.99 Å². The summed E-state index contributed by atoms with van der Waals surface area (Å²) in [6.07, 6.45) is 1.80. The van der Waals surface area contributed by atoms with Crippen LogP contribution in [0.1, 0.15) is 31.0 Å². The number of benzene rings is 3. The second kappa shape index (κ2) is 9.50. The van der Waals surface area contributed by atoms with Crippen LogP contribution in [0.4, 0.5) is 0 Å². The second-order valence-electron chi connectivity index (χ2n) is 8.82. The largest absolute Gasteiger partial charge is 0.496 e. The van der Waals surface area contributed by atoms with Crippen LogP contribution in [-0.4, -0.2) is 31.0 Å². The first-order valence-corrected chi connectivity index (χ1v) is 13.0. The van der Waals surface area contributed by atoms with E-state index in [0.717, 1.165) is 16.3 Å². The van der Waals surface area contributed by atoms with Crippen molar-refractivity contribution < 1.29 is 23.7 Å². The maximum Gasteiger partial charge on any atom is 0.338 e. The van der Waals surface area contributed by atoms with Crippen molar-refractivity contribution in [3.05, 3.63) is 96.7 Å². The quantitative estimate of drug-likeness (QED) is 0.367. The lowest BCUT2D eigenvalue weighted by Gasteiger charge is -2.27. The fourth-order valence-electron chi connectivity index (χ4n) is 4.95. The number of carbonyl (C=O) groups is 1. The van der Waals surface area contributed by atoms with Crippen LogP contribution in [0.3, 0.4) is 0 Å². The number of hydrogen-bond donors (Lipinski definition) is 0. The first-order valence-electron chi connectivity index (χ1n) is 12.1. The monoisotopic (exact) mass is 528 g/mol. The molecular weight excluding hydrogens is 504 g/mol. The van der Waals surface area contributed by atoms with Crippen molar-refractivity contribution in [3.8, 4) is 17.2 Å². The minimum absolute atomic E-state index is 0.170. The lowest BCUT2D eigenvalue weighted by Crippen LogP contribution is -2.40. The van der Waals surface area contributed by atoms with Crippen LogP contribution in [-0.2, 0) is 9.53 Å². The van der Waals surface area contributed by atoms with E-state index in [-0.39, 0.29) is 19.0 Å². The minimum Gasteiger partial charge on any atom is -0.496 e. The summed E-state index contributed by atoms with van der Waals surface area (Å²) in [6, 6.07) is 16.4. The Balaban J connectivity index is 1.63.